The van der Waals surface area contributed by atoms with Gasteiger partial charge in [-0.1, -0.05) is 18.2 Å². The predicted molar refractivity (Wildman–Crippen MR) is 75.6 cm³/mol. The number of hydrogen-bond donors (Lipinski definition) is 0. The summed E-state index contributed by atoms with van der Waals surface area (Å²) in [6.07, 6.45) is 2.87. The fourth-order valence-corrected chi connectivity index (χ4v) is 2.00. The van der Waals surface area contributed by atoms with E-state index in [1.54, 1.807) is 25.1 Å². The quantitative estimate of drug-likeness (QED) is 0.689. The van der Waals surface area contributed by atoms with E-state index in [0.717, 1.165) is 5.39 Å². The summed E-state index contributed by atoms with van der Waals surface area (Å²) in [5.41, 5.74) is -0.276. The van der Waals surface area contributed by atoms with Crippen molar-refractivity contribution in [3.63, 3.8) is 0 Å². The Morgan fingerprint density at radius 1 is 1.38 bits per heavy atom. The zero-order valence-corrected chi connectivity index (χ0v) is 11.3. The van der Waals surface area contributed by atoms with Gasteiger partial charge < -0.3 is 9.15 Å². The fraction of sp³-hybridized carbons (Fsp3) is 0.133. The molecule has 0 aliphatic carbocycles. The summed E-state index contributed by atoms with van der Waals surface area (Å²) in [7, 11) is 0. The van der Waals surface area contributed by atoms with E-state index in [2.05, 4.69) is 4.98 Å². The Bertz CT molecular complexity index is 863. The van der Waals surface area contributed by atoms with Gasteiger partial charge in [0.2, 0.25) is 5.88 Å². The highest BCUT2D eigenvalue weighted by Gasteiger charge is 2.12. The lowest BCUT2D eigenvalue weighted by Gasteiger charge is -2.02. The Labute approximate surface area is 119 Å². The van der Waals surface area contributed by atoms with Crippen LogP contribution in [0.4, 0.5) is 0 Å². The van der Waals surface area contributed by atoms with Gasteiger partial charge in [0.25, 0.3) is 0 Å². The Balaban J connectivity index is 2.05. The average molecular weight is 284 g/mol. The van der Waals surface area contributed by atoms with Crippen LogP contribution in [0.5, 0.6) is 0 Å². The molecule has 0 N–H and O–H groups in total. The smallest absolute Gasteiger partial charge is 0.358 e. The molecule has 0 bridgehead atoms. The van der Waals surface area contributed by atoms with Gasteiger partial charge in [0.05, 0.1) is 12.0 Å². The first kappa shape index (κ1) is 13.1. The van der Waals surface area contributed by atoms with Crippen molar-refractivity contribution in [2.45, 2.75) is 6.92 Å². The third-order valence-corrected chi connectivity index (χ3v) is 2.98. The first-order valence-corrected chi connectivity index (χ1v) is 6.43. The number of carbonyl (C=O) groups is 1. The van der Waals surface area contributed by atoms with Crippen LogP contribution in [0.2, 0.25) is 0 Å². The van der Waals surface area contributed by atoms with Gasteiger partial charge in [0, 0.05) is 12.3 Å². The molecule has 106 valence electrons. The van der Waals surface area contributed by atoms with Crippen molar-refractivity contribution < 1.29 is 13.9 Å². The highest BCUT2D eigenvalue weighted by molar-refractivity contribution is 5.87. The van der Waals surface area contributed by atoms with E-state index >= 15 is 0 Å². The number of nitrogens with zero attached hydrogens (tertiary/aromatic N) is 2. The molecular formula is C15H12N2O4. The second-order valence-corrected chi connectivity index (χ2v) is 4.35. The normalized spacial score (nSPS) is 10.7. The minimum absolute atomic E-state index is 0.160. The zero-order chi connectivity index (χ0) is 14.8. The molecule has 2 heterocycles. The molecule has 21 heavy (non-hydrogen) atoms. The lowest BCUT2D eigenvalue weighted by atomic mass is 10.2. The maximum absolute atomic E-state index is 11.9. The molecule has 6 heteroatoms. The molecule has 0 saturated heterocycles. The zero-order valence-electron chi connectivity index (χ0n) is 11.3. The summed E-state index contributed by atoms with van der Waals surface area (Å²) in [5.74, 6) is -0.221. The second-order valence-electron chi connectivity index (χ2n) is 4.35. The third-order valence-electron chi connectivity index (χ3n) is 2.98. The molecule has 0 saturated carbocycles. The number of fused-ring (bicyclic) bond motifs is 1. The number of carbonyl (C=O) groups excluding carboxylic acids is 1. The number of benzene rings is 1. The Kier molecular flexibility index (Phi) is 3.27. The average Bonchev–Trinajstić information content (AvgIpc) is 2.97. The summed E-state index contributed by atoms with van der Waals surface area (Å²) in [6, 6.07) is 8.84. The van der Waals surface area contributed by atoms with Crippen LogP contribution in [0.15, 0.2) is 52.1 Å². The third kappa shape index (κ3) is 2.43. The van der Waals surface area contributed by atoms with E-state index in [0.29, 0.717) is 11.3 Å². The Hall–Kier alpha value is -2.89. The first-order chi connectivity index (χ1) is 10.2. The van der Waals surface area contributed by atoms with Crippen molar-refractivity contribution in [3.05, 3.63) is 59.0 Å². The van der Waals surface area contributed by atoms with Crippen molar-refractivity contribution in [3.8, 4) is 5.88 Å². The molecule has 1 aromatic carbocycles. The summed E-state index contributed by atoms with van der Waals surface area (Å²) in [4.78, 5) is 27.4. The summed E-state index contributed by atoms with van der Waals surface area (Å²) in [6.45, 7) is 1.99. The lowest BCUT2D eigenvalue weighted by molar-refractivity contribution is 0.0520. The molecule has 3 aromatic rings. The monoisotopic (exact) mass is 284 g/mol. The van der Waals surface area contributed by atoms with Gasteiger partial charge in [-0.05, 0) is 18.4 Å². The molecule has 0 unspecified atom stereocenters. The number of rotatable bonds is 3. The molecule has 0 spiro atoms. The SMILES string of the molecule is CCOC(=O)c1cn(-c2cc3ccccc3c(=O)o2)cn1. The topological polar surface area (TPSA) is 74.3 Å². The molecule has 0 radical (unpaired) electrons. The van der Waals surface area contributed by atoms with Crippen molar-refractivity contribution in [2.75, 3.05) is 6.61 Å². The van der Waals surface area contributed by atoms with Crippen LogP contribution in [0.3, 0.4) is 0 Å². The van der Waals surface area contributed by atoms with E-state index in [1.165, 1.54) is 17.1 Å². The van der Waals surface area contributed by atoms with Crippen LogP contribution < -0.4 is 5.63 Å². The van der Waals surface area contributed by atoms with Gasteiger partial charge in [0.15, 0.2) is 5.69 Å². The largest absolute Gasteiger partial charge is 0.461 e. The van der Waals surface area contributed by atoms with Crippen LogP contribution >= 0.6 is 0 Å². The van der Waals surface area contributed by atoms with Crippen molar-refractivity contribution in [1.82, 2.24) is 9.55 Å². The maximum Gasteiger partial charge on any atom is 0.358 e. The van der Waals surface area contributed by atoms with Gasteiger partial charge in [0.1, 0.15) is 6.33 Å². The lowest BCUT2D eigenvalue weighted by Crippen LogP contribution is -2.05. The van der Waals surface area contributed by atoms with Crippen LogP contribution in [-0.2, 0) is 4.74 Å². The molecule has 6 nitrogen and oxygen atoms in total. The van der Waals surface area contributed by atoms with E-state index in [9.17, 15) is 9.59 Å². The molecule has 0 atom stereocenters. The number of esters is 1. The number of ether oxygens (including phenoxy) is 1. The highest BCUT2D eigenvalue weighted by Crippen LogP contribution is 2.15. The van der Waals surface area contributed by atoms with Crippen molar-refractivity contribution in [2.24, 2.45) is 0 Å². The van der Waals surface area contributed by atoms with Gasteiger partial charge in [-0.25, -0.2) is 14.6 Å². The summed E-state index contributed by atoms with van der Waals surface area (Å²) >= 11 is 0. The molecule has 2 aromatic heterocycles. The van der Waals surface area contributed by atoms with Crippen LogP contribution in [0.1, 0.15) is 17.4 Å². The Morgan fingerprint density at radius 3 is 3.00 bits per heavy atom. The predicted octanol–water partition coefficient (Wildman–Crippen LogP) is 2.16. The van der Waals surface area contributed by atoms with Gasteiger partial charge in [-0.3, -0.25) is 4.57 Å². The number of hydrogen-bond acceptors (Lipinski definition) is 5. The highest BCUT2D eigenvalue weighted by atomic mass is 16.5. The van der Waals surface area contributed by atoms with E-state index in [-0.39, 0.29) is 12.3 Å². The summed E-state index contributed by atoms with van der Waals surface area (Å²) < 4.78 is 11.6. The number of imidazole rings is 1. The summed E-state index contributed by atoms with van der Waals surface area (Å²) in [5, 5.41) is 1.27. The maximum atomic E-state index is 11.9. The molecule has 3 rings (SSSR count). The number of aromatic nitrogens is 2. The van der Waals surface area contributed by atoms with E-state index in [1.807, 2.05) is 12.1 Å². The molecule has 0 aliphatic rings. The van der Waals surface area contributed by atoms with E-state index < -0.39 is 11.6 Å². The van der Waals surface area contributed by atoms with Crippen molar-refractivity contribution >= 4 is 16.7 Å². The standard InChI is InChI=1S/C15H12N2O4/c1-2-20-15(19)12-8-17(9-16-12)13-7-10-5-3-4-6-11(10)14(18)21-13/h3-9H,2H2,1H3. The van der Waals surface area contributed by atoms with Crippen molar-refractivity contribution in [1.29, 1.82) is 0 Å². The van der Waals surface area contributed by atoms with Crippen LogP contribution in [-0.4, -0.2) is 22.1 Å². The first-order valence-electron chi connectivity index (χ1n) is 6.43. The molecular weight excluding hydrogens is 272 g/mol. The molecule has 0 fully saturated rings. The molecule has 0 aliphatic heterocycles. The minimum atomic E-state index is -0.514. The van der Waals surface area contributed by atoms with E-state index in [4.69, 9.17) is 9.15 Å². The Morgan fingerprint density at radius 2 is 2.19 bits per heavy atom. The molecule has 0 amide bonds. The van der Waals surface area contributed by atoms with Gasteiger partial charge in [-0.2, -0.15) is 0 Å². The second kappa shape index (κ2) is 5.24. The van der Waals surface area contributed by atoms with Gasteiger partial charge >= 0.3 is 11.6 Å². The van der Waals surface area contributed by atoms with Crippen LogP contribution in [0.25, 0.3) is 16.7 Å². The minimum Gasteiger partial charge on any atom is -0.461 e. The van der Waals surface area contributed by atoms with Crippen LogP contribution in [0, 0.1) is 0 Å². The fourth-order valence-electron chi connectivity index (χ4n) is 2.00. The van der Waals surface area contributed by atoms with Gasteiger partial charge in [-0.15, -0.1) is 0 Å².